The van der Waals surface area contributed by atoms with Gasteiger partial charge in [0.1, 0.15) is 0 Å². The highest BCUT2D eigenvalue weighted by Gasteiger charge is 2.27. The van der Waals surface area contributed by atoms with Gasteiger partial charge >= 0.3 is 0 Å². The van der Waals surface area contributed by atoms with Crippen molar-refractivity contribution in [3.8, 4) is 11.5 Å². The molecule has 1 saturated heterocycles. The number of aryl methyl sites for hydroxylation is 1. The van der Waals surface area contributed by atoms with Crippen LogP contribution in [0.1, 0.15) is 30.9 Å². The van der Waals surface area contributed by atoms with Gasteiger partial charge in [0.25, 0.3) is 0 Å². The number of para-hydroxylation sites is 1. The smallest absolute Gasteiger partial charge is 0.162 e. The number of aliphatic hydroxyl groups excluding tert-OH is 1. The van der Waals surface area contributed by atoms with Crippen LogP contribution in [-0.4, -0.2) is 65.4 Å². The van der Waals surface area contributed by atoms with Crippen molar-refractivity contribution in [2.75, 3.05) is 39.4 Å². The van der Waals surface area contributed by atoms with Crippen molar-refractivity contribution in [3.63, 3.8) is 0 Å². The summed E-state index contributed by atoms with van der Waals surface area (Å²) in [6, 6.07) is 16.7. The molecule has 158 valence electrons. The lowest BCUT2D eigenvalue weighted by atomic mass is 10.1. The van der Waals surface area contributed by atoms with Crippen LogP contribution in [0.3, 0.4) is 0 Å². The molecule has 0 aliphatic carbocycles. The van der Waals surface area contributed by atoms with Crippen molar-refractivity contribution in [3.05, 3.63) is 59.7 Å². The summed E-state index contributed by atoms with van der Waals surface area (Å²) >= 11 is 0. The van der Waals surface area contributed by atoms with Crippen LogP contribution in [0.25, 0.3) is 0 Å². The van der Waals surface area contributed by atoms with Gasteiger partial charge in [0.15, 0.2) is 11.5 Å². The number of phenolic OH excluding ortho intramolecular Hbond substituents is 1. The molecule has 0 amide bonds. The normalized spacial score (nSPS) is 18.1. The van der Waals surface area contributed by atoms with E-state index in [1.54, 1.807) is 0 Å². The van der Waals surface area contributed by atoms with Crippen molar-refractivity contribution in [1.29, 1.82) is 0 Å². The summed E-state index contributed by atoms with van der Waals surface area (Å²) in [6.07, 6.45) is 3.00. The Morgan fingerprint density at radius 1 is 1.07 bits per heavy atom. The molecule has 0 bridgehead atoms. The first kappa shape index (κ1) is 21.6. The van der Waals surface area contributed by atoms with Gasteiger partial charge in [-0.2, -0.15) is 0 Å². The maximum Gasteiger partial charge on any atom is 0.162 e. The van der Waals surface area contributed by atoms with E-state index in [0.717, 1.165) is 51.0 Å². The Bertz CT molecular complexity index is 738. The fraction of sp³-hybridized carbons (Fsp3) is 0.500. The summed E-state index contributed by atoms with van der Waals surface area (Å²) in [6.45, 7) is 7.28. The van der Waals surface area contributed by atoms with Crippen molar-refractivity contribution >= 4 is 0 Å². The summed E-state index contributed by atoms with van der Waals surface area (Å²) in [5.41, 5.74) is 2.28. The Kier molecular flexibility index (Phi) is 8.35. The number of nitrogens with zero attached hydrogens (tertiary/aromatic N) is 2. The first-order valence-electron chi connectivity index (χ1n) is 10.8. The highest BCUT2D eigenvalue weighted by molar-refractivity contribution is 5.45. The zero-order valence-electron chi connectivity index (χ0n) is 17.5. The predicted molar refractivity (Wildman–Crippen MR) is 116 cm³/mol. The third-order valence-electron chi connectivity index (χ3n) is 5.68. The number of ether oxygens (including phenoxy) is 1. The minimum atomic E-state index is 0.207. The van der Waals surface area contributed by atoms with E-state index in [1.807, 2.05) is 25.1 Å². The number of hydrogen-bond acceptors (Lipinski definition) is 5. The third kappa shape index (κ3) is 6.20. The van der Waals surface area contributed by atoms with Gasteiger partial charge in [-0.1, -0.05) is 42.5 Å². The van der Waals surface area contributed by atoms with Gasteiger partial charge < -0.3 is 14.9 Å². The molecule has 3 rings (SSSR count). The molecule has 5 heteroatoms. The van der Waals surface area contributed by atoms with Gasteiger partial charge in [-0.05, 0) is 44.4 Å². The Labute approximate surface area is 174 Å². The van der Waals surface area contributed by atoms with Crippen molar-refractivity contribution in [2.24, 2.45) is 0 Å². The molecule has 29 heavy (non-hydrogen) atoms. The minimum Gasteiger partial charge on any atom is -0.504 e. The van der Waals surface area contributed by atoms with E-state index in [-0.39, 0.29) is 12.4 Å². The molecule has 1 aliphatic rings. The van der Waals surface area contributed by atoms with E-state index in [1.165, 1.54) is 5.56 Å². The fourth-order valence-electron chi connectivity index (χ4n) is 4.16. The van der Waals surface area contributed by atoms with E-state index in [0.29, 0.717) is 24.9 Å². The summed E-state index contributed by atoms with van der Waals surface area (Å²) in [4.78, 5) is 4.89. The first-order valence-corrected chi connectivity index (χ1v) is 10.8. The molecule has 0 aromatic heterocycles. The average Bonchev–Trinajstić information content (AvgIpc) is 2.74. The monoisotopic (exact) mass is 398 g/mol. The van der Waals surface area contributed by atoms with E-state index in [2.05, 4.69) is 40.1 Å². The lowest BCUT2D eigenvalue weighted by molar-refractivity contribution is 0.0542. The molecule has 5 nitrogen and oxygen atoms in total. The second-order valence-corrected chi connectivity index (χ2v) is 7.72. The van der Waals surface area contributed by atoms with Crippen molar-refractivity contribution in [1.82, 2.24) is 9.80 Å². The second kappa shape index (κ2) is 11.2. The molecule has 0 saturated carbocycles. The van der Waals surface area contributed by atoms with Crippen LogP contribution in [-0.2, 0) is 13.0 Å². The van der Waals surface area contributed by atoms with Gasteiger partial charge in [-0.25, -0.2) is 0 Å². The Hall–Kier alpha value is -2.08. The lowest BCUT2D eigenvalue weighted by Crippen LogP contribution is -2.53. The average molecular weight is 399 g/mol. The molecule has 1 heterocycles. The summed E-state index contributed by atoms with van der Waals surface area (Å²) < 4.78 is 5.51. The number of rotatable bonds is 10. The summed E-state index contributed by atoms with van der Waals surface area (Å²) in [5, 5.41) is 20.0. The van der Waals surface area contributed by atoms with Crippen LogP contribution in [0.5, 0.6) is 11.5 Å². The van der Waals surface area contributed by atoms with E-state index < -0.39 is 0 Å². The number of piperazine rings is 1. The zero-order valence-corrected chi connectivity index (χ0v) is 17.5. The second-order valence-electron chi connectivity index (χ2n) is 7.72. The molecule has 2 aromatic carbocycles. The van der Waals surface area contributed by atoms with Gasteiger partial charge in [0, 0.05) is 44.4 Å². The highest BCUT2D eigenvalue weighted by atomic mass is 16.5. The molecular weight excluding hydrogens is 364 g/mol. The molecule has 2 N–H and O–H groups in total. The standard InChI is InChI=1S/C24H34N2O3/c1-2-29-23-12-6-11-21(24(23)28)18-25-15-16-26(22(19-25)13-17-27)14-7-10-20-8-4-3-5-9-20/h3-6,8-9,11-12,22,27-28H,2,7,10,13-19H2,1H3/t22-/m0/s1. The van der Waals surface area contributed by atoms with Gasteiger partial charge in [0.2, 0.25) is 0 Å². The number of hydrogen-bond donors (Lipinski definition) is 2. The maximum atomic E-state index is 10.5. The fourth-order valence-corrected chi connectivity index (χ4v) is 4.16. The lowest BCUT2D eigenvalue weighted by Gasteiger charge is -2.41. The Morgan fingerprint density at radius 2 is 1.90 bits per heavy atom. The van der Waals surface area contributed by atoms with E-state index in [9.17, 15) is 10.2 Å². The van der Waals surface area contributed by atoms with Crippen molar-refractivity contribution < 1.29 is 14.9 Å². The quantitative estimate of drug-likeness (QED) is 0.643. The SMILES string of the molecule is CCOc1cccc(CN2CCN(CCCc3ccccc3)[C@@H](CCO)C2)c1O. The number of benzene rings is 2. The maximum absolute atomic E-state index is 10.5. The van der Waals surface area contributed by atoms with E-state index >= 15 is 0 Å². The van der Waals surface area contributed by atoms with Crippen LogP contribution in [0.4, 0.5) is 0 Å². The molecule has 2 aromatic rings. The van der Waals surface area contributed by atoms with Gasteiger partial charge in [0.05, 0.1) is 6.61 Å². The molecule has 0 spiro atoms. The predicted octanol–water partition coefficient (Wildman–Crippen LogP) is 3.29. The van der Waals surface area contributed by atoms with Gasteiger partial charge in [-0.3, -0.25) is 9.80 Å². The summed E-state index contributed by atoms with van der Waals surface area (Å²) in [5.74, 6) is 0.801. The molecule has 1 atom stereocenters. The van der Waals surface area contributed by atoms with Crippen LogP contribution < -0.4 is 4.74 Å². The van der Waals surface area contributed by atoms with Crippen LogP contribution in [0.15, 0.2) is 48.5 Å². The van der Waals surface area contributed by atoms with Crippen LogP contribution >= 0.6 is 0 Å². The molecule has 1 aliphatic heterocycles. The number of aromatic hydroxyl groups is 1. The van der Waals surface area contributed by atoms with Crippen LogP contribution in [0.2, 0.25) is 0 Å². The van der Waals surface area contributed by atoms with Gasteiger partial charge in [-0.15, -0.1) is 0 Å². The summed E-state index contributed by atoms with van der Waals surface area (Å²) in [7, 11) is 0. The van der Waals surface area contributed by atoms with Crippen molar-refractivity contribution in [2.45, 2.75) is 38.8 Å². The zero-order chi connectivity index (χ0) is 20.5. The van der Waals surface area contributed by atoms with Crippen LogP contribution in [0, 0.1) is 0 Å². The third-order valence-corrected chi connectivity index (χ3v) is 5.68. The first-order chi connectivity index (χ1) is 14.2. The molecule has 1 fully saturated rings. The highest BCUT2D eigenvalue weighted by Crippen LogP contribution is 2.31. The molecule has 0 radical (unpaired) electrons. The topological polar surface area (TPSA) is 56.2 Å². The Balaban J connectivity index is 1.55. The van der Waals surface area contributed by atoms with E-state index in [4.69, 9.17) is 4.74 Å². The number of aliphatic hydroxyl groups is 1. The number of phenols is 1. The molecular formula is C24H34N2O3. The molecule has 0 unspecified atom stereocenters. The minimum absolute atomic E-state index is 0.207. The largest absolute Gasteiger partial charge is 0.504 e. The Morgan fingerprint density at radius 3 is 2.66 bits per heavy atom.